The van der Waals surface area contributed by atoms with Gasteiger partial charge in [0.1, 0.15) is 6.26 Å². The van der Waals surface area contributed by atoms with Gasteiger partial charge in [0, 0.05) is 5.41 Å². The molecule has 0 bridgehead atoms. The maximum absolute atomic E-state index is 11.2. The number of H-pyrrole nitrogens is 1. The molecule has 1 aromatic rings. The van der Waals surface area contributed by atoms with Crippen molar-refractivity contribution in [2.45, 2.75) is 129 Å². The van der Waals surface area contributed by atoms with E-state index >= 15 is 0 Å². The zero-order valence-electron chi connectivity index (χ0n) is 17.7. The Morgan fingerprint density at radius 2 is 1.27 bits per heavy atom. The van der Waals surface area contributed by atoms with E-state index in [1.807, 2.05) is 0 Å². The van der Waals surface area contributed by atoms with Crippen molar-refractivity contribution in [2.24, 2.45) is 0 Å². The lowest BCUT2D eigenvalue weighted by Gasteiger charge is -2.26. The molecule has 3 heteroatoms. The van der Waals surface area contributed by atoms with E-state index in [0.717, 1.165) is 18.5 Å². The Morgan fingerprint density at radius 1 is 0.808 bits per heavy atom. The summed E-state index contributed by atoms with van der Waals surface area (Å²) in [5.74, 6) is -0.333. The van der Waals surface area contributed by atoms with Crippen molar-refractivity contribution in [1.29, 1.82) is 0 Å². The summed E-state index contributed by atoms with van der Waals surface area (Å²) in [4.78, 5) is 14.1. The molecule has 0 spiro atoms. The van der Waals surface area contributed by atoms with Crippen LogP contribution in [0.5, 0.6) is 0 Å². The Kier molecular flexibility index (Phi) is 12.5. The highest BCUT2D eigenvalue weighted by molar-refractivity contribution is 5.09. The summed E-state index contributed by atoms with van der Waals surface area (Å²) >= 11 is 0. The van der Waals surface area contributed by atoms with Crippen molar-refractivity contribution in [3.63, 3.8) is 0 Å². The summed E-state index contributed by atoms with van der Waals surface area (Å²) in [6, 6.07) is 0. The lowest BCUT2D eigenvalue weighted by atomic mass is 9.79. The molecule has 3 nitrogen and oxygen atoms in total. The first-order chi connectivity index (χ1) is 12.6. The number of unbranched alkanes of at least 4 members (excludes halogenated alkanes) is 13. The average Bonchev–Trinajstić information content (AvgIpc) is 3.09. The average molecular weight is 366 g/mol. The van der Waals surface area contributed by atoms with Gasteiger partial charge >= 0.3 is 5.76 Å². The van der Waals surface area contributed by atoms with Gasteiger partial charge in [-0.2, -0.15) is 0 Å². The highest BCUT2D eigenvalue weighted by Crippen LogP contribution is 2.31. The molecule has 0 amide bonds. The number of rotatable bonds is 17. The van der Waals surface area contributed by atoms with Crippen LogP contribution in [0.3, 0.4) is 0 Å². The number of hydrogen-bond acceptors (Lipinski definition) is 2. The predicted octanol–water partition coefficient (Wildman–Crippen LogP) is 7.51. The maximum atomic E-state index is 11.2. The van der Waals surface area contributed by atoms with E-state index in [1.54, 1.807) is 6.26 Å². The van der Waals surface area contributed by atoms with Crippen molar-refractivity contribution < 1.29 is 4.42 Å². The van der Waals surface area contributed by atoms with Crippen molar-refractivity contribution in [3.8, 4) is 0 Å². The van der Waals surface area contributed by atoms with Crippen LogP contribution in [0.15, 0.2) is 15.5 Å². The maximum Gasteiger partial charge on any atom is 0.416 e. The molecule has 1 rings (SSSR count). The topological polar surface area (TPSA) is 46.0 Å². The monoisotopic (exact) mass is 365 g/mol. The highest BCUT2D eigenvalue weighted by Gasteiger charge is 2.26. The molecular weight excluding hydrogens is 322 g/mol. The van der Waals surface area contributed by atoms with Crippen LogP contribution in [0.1, 0.15) is 129 Å². The summed E-state index contributed by atoms with van der Waals surface area (Å²) in [6.45, 7) is 6.70. The minimum atomic E-state index is -0.333. The fourth-order valence-corrected chi connectivity index (χ4v) is 3.79. The second-order valence-corrected chi connectivity index (χ2v) is 8.32. The van der Waals surface area contributed by atoms with Crippen LogP contribution in [0.25, 0.3) is 0 Å². The Morgan fingerprint density at radius 3 is 1.65 bits per heavy atom. The lowest BCUT2D eigenvalue weighted by molar-refractivity contribution is 0.382. The number of nitrogens with one attached hydrogen (secondary N) is 1. The molecule has 1 heterocycles. The molecule has 152 valence electrons. The Hall–Kier alpha value is -0.990. The number of aromatic amines is 1. The van der Waals surface area contributed by atoms with Gasteiger partial charge in [0.2, 0.25) is 0 Å². The third-order valence-electron chi connectivity index (χ3n) is 6.03. The Bertz CT molecular complexity index is 490. The van der Waals surface area contributed by atoms with Crippen LogP contribution in [-0.2, 0) is 5.41 Å². The molecule has 1 atom stereocenters. The van der Waals surface area contributed by atoms with Crippen molar-refractivity contribution in [3.05, 3.63) is 22.5 Å². The van der Waals surface area contributed by atoms with E-state index in [-0.39, 0.29) is 11.2 Å². The summed E-state index contributed by atoms with van der Waals surface area (Å²) in [5, 5.41) is 0. The zero-order valence-corrected chi connectivity index (χ0v) is 17.7. The van der Waals surface area contributed by atoms with Gasteiger partial charge in [-0.1, -0.05) is 111 Å². The summed E-state index contributed by atoms with van der Waals surface area (Å²) in [7, 11) is 0. The molecular formula is C23H43NO2. The second-order valence-electron chi connectivity index (χ2n) is 8.32. The minimum absolute atomic E-state index is 0.0449. The SMILES string of the molecule is CCCCCCCCCCCCCCCCC(C)(CC)c1coc(=O)[nH]1. The van der Waals surface area contributed by atoms with Gasteiger partial charge < -0.3 is 4.42 Å². The lowest BCUT2D eigenvalue weighted by Crippen LogP contribution is -2.22. The molecule has 0 saturated carbocycles. The smallest absolute Gasteiger partial charge is 0.416 e. The van der Waals surface area contributed by atoms with E-state index in [4.69, 9.17) is 4.42 Å². The molecule has 0 radical (unpaired) electrons. The standard InChI is InChI=1S/C23H43NO2/c1-4-6-7-8-9-10-11-12-13-14-15-16-17-18-19-23(3,5-2)21-20-26-22(25)24-21/h20H,4-19H2,1-3H3,(H,24,25). The molecule has 0 aromatic carbocycles. The molecule has 26 heavy (non-hydrogen) atoms. The van der Waals surface area contributed by atoms with Gasteiger partial charge in [-0.05, 0) is 12.8 Å². The van der Waals surface area contributed by atoms with Crippen LogP contribution < -0.4 is 5.76 Å². The molecule has 0 saturated heterocycles. The van der Waals surface area contributed by atoms with Gasteiger partial charge in [0.15, 0.2) is 0 Å². The predicted molar refractivity (Wildman–Crippen MR) is 112 cm³/mol. The zero-order chi connectivity index (χ0) is 19.1. The van der Waals surface area contributed by atoms with Crippen LogP contribution in [0, 0.1) is 0 Å². The second kappa shape index (κ2) is 14.1. The van der Waals surface area contributed by atoms with E-state index in [0.29, 0.717) is 0 Å². The first-order valence-corrected chi connectivity index (χ1v) is 11.3. The van der Waals surface area contributed by atoms with Gasteiger partial charge in [-0.25, -0.2) is 4.79 Å². The molecule has 1 N–H and O–H groups in total. The Balaban J connectivity index is 1.95. The first kappa shape index (κ1) is 23.0. The van der Waals surface area contributed by atoms with Crippen molar-refractivity contribution in [2.75, 3.05) is 0 Å². The fraction of sp³-hybridized carbons (Fsp3) is 0.870. The quantitative estimate of drug-likeness (QED) is 0.290. The highest BCUT2D eigenvalue weighted by atomic mass is 16.4. The number of hydrogen-bond donors (Lipinski definition) is 1. The molecule has 0 fully saturated rings. The van der Waals surface area contributed by atoms with Gasteiger partial charge in [0.25, 0.3) is 0 Å². The van der Waals surface area contributed by atoms with Crippen LogP contribution >= 0.6 is 0 Å². The third-order valence-corrected chi connectivity index (χ3v) is 6.03. The summed E-state index contributed by atoms with van der Waals surface area (Å²) in [6.07, 6.45) is 23.2. The number of oxazole rings is 1. The van der Waals surface area contributed by atoms with Gasteiger partial charge in [-0.3, -0.25) is 4.98 Å². The van der Waals surface area contributed by atoms with Crippen molar-refractivity contribution in [1.82, 2.24) is 4.98 Å². The van der Waals surface area contributed by atoms with Crippen LogP contribution in [0.2, 0.25) is 0 Å². The normalized spacial score (nSPS) is 13.8. The Labute approximate surface area is 161 Å². The summed E-state index contributed by atoms with van der Waals surface area (Å²) in [5.41, 5.74) is 1.00. The van der Waals surface area contributed by atoms with Gasteiger partial charge in [-0.15, -0.1) is 0 Å². The molecule has 1 aromatic heterocycles. The summed E-state index contributed by atoms with van der Waals surface area (Å²) < 4.78 is 4.93. The molecule has 0 aliphatic rings. The van der Waals surface area contributed by atoms with Crippen LogP contribution in [-0.4, -0.2) is 4.98 Å². The first-order valence-electron chi connectivity index (χ1n) is 11.3. The van der Waals surface area contributed by atoms with E-state index in [2.05, 4.69) is 25.8 Å². The molecule has 0 aliphatic heterocycles. The number of aromatic nitrogens is 1. The molecule has 1 unspecified atom stereocenters. The van der Waals surface area contributed by atoms with Gasteiger partial charge in [0.05, 0.1) is 5.69 Å². The van der Waals surface area contributed by atoms with Crippen molar-refractivity contribution >= 4 is 0 Å². The minimum Gasteiger partial charge on any atom is -0.416 e. The fourth-order valence-electron chi connectivity index (χ4n) is 3.79. The largest absolute Gasteiger partial charge is 0.416 e. The van der Waals surface area contributed by atoms with E-state index in [1.165, 1.54) is 89.9 Å². The molecule has 0 aliphatic carbocycles. The van der Waals surface area contributed by atoms with E-state index in [9.17, 15) is 4.79 Å². The van der Waals surface area contributed by atoms with E-state index < -0.39 is 0 Å². The third kappa shape index (κ3) is 9.64. The van der Waals surface area contributed by atoms with Crippen LogP contribution in [0.4, 0.5) is 0 Å².